The highest BCUT2D eigenvalue weighted by Crippen LogP contribution is 2.08. The number of rotatable bonds is 4. The molecule has 1 rings (SSSR count). The van der Waals surface area contributed by atoms with Gasteiger partial charge in [-0.05, 0) is 19.4 Å². The summed E-state index contributed by atoms with van der Waals surface area (Å²) in [6.45, 7) is 4.46. The maximum absolute atomic E-state index is 4.68. The standard InChI is InChI=1S/C10H18N2O/c1-3-7-12-8-5-4-6-10(12)9-11-13-2/h4,6,9-10H,3,5,7-8H2,1-2H3. The van der Waals surface area contributed by atoms with Crippen molar-refractivity contribution < 1.29 is 4.84 Å². The van der Waals surface area contributed by atoms with Crippen LogP contribution in [0.2, 0.25) is 0 Å². The van der Waals surface area contributed by atoms with E-state index >= 15 is 0 Å². The van der Waals surface area contributed by atoms with Crippen molar-refractivity contribution in [2.75, 3.05) is 20.2 Å². The molecule has 1 aliphatic heterocycles. The molecule has 0 aromatic rings. The fourth-order valence-electron chi connectivity index (χ4n) is 1.56. The first kappa shape index (κ1) is 10.3. The Morgan fingerprint density at radius 2 is 2.54 bits per heavy atom. The molecule has 0 bridgehead atoms. The predicted octanol–water partition coefficient (Wildman–Crippen LogP) is 1.66. The van der Waals surface area contributed by atoms with E-state index in [0.29, 0.717) is 6.04 Å². The molecule has 0 radical (unpaired) electrons. The molecular weight excluding hydrogens is 164 g/mol. The second-order valence-electron chi connectivity index (χ2n) is 3.18. The van der Waals surface area contributed by atoms with Gasteiger partial charge < -0.3 is 4.84 Å². The van der Waals surface area contributed by atoms with Crippen LogP contribution in [0.3, 0.4) is 0 Å². The zero-order valence-electron chi connectivity index (χ0n) is 8.44. The van der Waals surface area contributed by atoms with Crippen LogP contribution in [0.1, 0.15) is 19.8 Å². The first-order chi connectivity index (χ1) is 6.38. The maximum Gasteiger partial charge on any atom is 0.106 e. The van der Waals surface area contributed by atoms with Gasteiger partial charge in [0.15, 0.2) is 0 Å². The molecule has 0 fully saturated rings. The van der Waals surface area contributed by atoms with E-state index in [-0.39, 0.29) is 0 Å². The van der Waals surface area contributed by atoms with Crippen LogP contribution in [0.25, 0.3) is 0 Å². The summed E-state index contributed by atoms with van der Waals surface area (Å²) in [7, 11) is 1.58. The fourth-order valence-corrected chi connectivity index (χ4v) is 1.56. The van der Waals surface area contributed by atoms with E-state index in [2.05, 4.69) is 34.0 Å². The lowest BCUT2D eigenvalue weighted by atomic mass is 10.1. The summed E-state index contributed by atoms with van der Waals surface area (Å²) in [6.07, 6.45) is 8.58. The number of hydrogen-bond donors (Lipinski definition) is 0. The molecule has 74 valence electrons. The van der Waals surface area contributed by atoms with Crippen LogP contribution >= 0.6 is 0 Å². The summed E-state index contributed by atoms with van der Waals surface area (Å²) in [4.78, 5) is 7.09. The van der Waals surface area contributed by atoms with Gasteiger partial charge in [-0.15, -0.1) is 0 Å². The minimum absolute atomic E-state index is 0.327. The number of nitrogens with zero attached hydrogens (tertiary/aromatic N) is 2. The summed E-state index contributed by atoms with van der Waals surface area (Å²) >= 11 is 0. The molecule has 1 heterocycles. The molecule has 1 atom stereocenters. The van der Waals surface area contributed by atoms with Crippen LogP contribution in [0.5, 0.6) is 0 Å². The van der Waals surface area contributed by atoms with Crippen molar-refractivity contribution in [2.45, 2.75) is 25.8 Å². The van der Waals surface area contributed by atoms with Gasteiger partial charge in [0, 0.05) is 6.54 Å². The Bertz CT molecular complexity index is 189. The van der Waals surface area contributed by atoms with E-state index in [9.17, 15) is 0 Å². The summed E-state index contributed by atoms with van der Waals surface area (Å²) in [6, 6.07) is 0.327. The molecule has 3 nitrogen and oxygen atoms in total. The highest BCUT2D eigenvalue weighted by atomic mass is 16.6. The Kier molecular flexibility index (Phi) is 4.54. The van der Waals surface area contributed by atoms with E-state index in [1.807, 2.05) is 6.21 Å². The zero-order valence-corrected chi connectivity index (χ0v) is 8.44. The molecule has 0 aliphatic carbocycles. The quantitative estimate of drug-likeness (QED) is 0.375. The monoisotopic (exact) mass is 182 g/mol. The topological polar surface area (TPSA) is 24.8 Å². The fraction of sp³-hybridized carbons (Fsp3) is 0.700. The van der Waals surface area contributed by atoms with Crippen LogP contribution in [0, 0.1) is 0 Å². The molecule has 13 heavy (non-hydrogen) atoms. The van der Waals surface area contributed by atoms with Gasteiger partial charge in [-0.1, -0.05) is 24.2 Å². The largest absolute Gasteiger partial charge is 0.399 e. The molecule has 0 spiro atoms. The highest BCUT2D eigenvalue weighted by molar-refractivity contribution is 5.66. The molecule has 0 N–H and O–H groups in total. The van der Waals surface area contributed by atoms with Crippen LogP contribution in [0.4, 0.5) is 0 Å². The van der Waals surface area contributed by atoms with Crippen LogP contribution < -0.4 is 0 Å². The summed E-state index contributed by atoms with van der Waals surface area (Å²) in [5.74, 6) is 0. The molecule has 0 amide bonds. The minimum atomic E-state index is 0.327. The highest BCUT2D eigenvalue weighted by Gasteiger charge is 2.15. The Morgan fingerprint density at radius 3 is 3.23 bits per heavy atom. The lowest BCUT2D eigenvalue weighted by molar-refractivity contribution is 0.208. The lowest BCUT2D eigenvalue weighted by Crippen LogP contribution is -2.38. The molecule has 3 heteroatoms. The van der Waals surface area contributed by atoms with E-state index in [1.54, 1.807) is 7.11 Å². The molecule has 1 unspecified atom stereocenters. The van der Waals surface area contributed by atoms with Gasteiger partial charge in [-0.2, -0.15) is 0 Å². The van der Waals surface area contributed by atoms with Gasteiger partial charge in [0.1, 0.15) is 7.11 Å². The second kappa shape index (κ2) is 5.75. The summed E-state index contributed by atoms with van der Waals surface area (Å²) in [5.41, 5.74) is 0. The Labute approximate surface area is 80.1 Å². The van der Waals surface area contributed by atoms with Gasteiger partial charge in [-0.3, -0.25) is 4.90 Å². The molecular formula is C10H18N2O. The normalized spacial score (nSPS) is 24.0. The first-order valence-electron chi connectivity index (χ1n) is 4.86. The average molecular weight is 182 g/mol. The zero-order chi connectivity index (χ0) is 9.52. The third kappa shape index (κ3) is 3.19. The Hall–Kier alpha value is -0.830. The van der Waals surface area contributed by atoms with Gasteiger partial charge in [0.25, 0.3) is 0 Å². The molecule has 1 aliphatic rings. The van der Waals surface area contributed by atoms with Crippen molar-refractivity contribution in [1.82, 2.24) is 4.90 Å². The SMILES string of the molecule is CCCN1CCC=CC1C=NOC. The van der Waals surface area contributed by atoms with Gasteiger partial charge >= 0.3 is 0 Å². The van der Waals surface area contributed by atoms with E-state index < -0.39 is 0 Å². The second-order valence-corrected chi connectivity index (χ2v) is 3.18. The predicted molar refractivity (Wildman–Crippen MR) is 54.9 cm³/mol. The molecule has 0 aromatic heterocycles. The Balaban J connectivity index is 2.50. The summed E-state index contributed by atoms with van der Waals surface area (Å²) < 4.78 is 0. The smallest absolute Gasteiger partial charge is 0.106 e. The Morgan fingerprint density at radius 1 is 1.69 bits per heavy atom. The third-order valence-electron chi connectivity index (χ3n) is 2.17. The van der Waals surface area contributed by atoms with Crippen molar-refractivity contribution in [3.05, 3.63) is 12.2 Å². The van der Waals surface area contributed by atoms with Crippen molar-refractivity contribution in [2.24, 2.45) is 5.16 Å². The van der Waals surface area contributed by atoms with Crippen molar-refractivity contribution >= 4 is 6.21 Å². The van der Waals surface area contributed by atoms with Gasteiger partial charge in [-0.25, -0.2) is 0 Å². The van der Waals surface area contributed by atoms with Crippen LogP contribution in [0.15, 0.2) is 17.3 Å². The minimum Gasteiger partial charge on any atom is -0.399 e. The van der Waals surface area contributed by atoms with Crippen LogP contribution in [-0.2, 0) is 4.84 Å². The van der Waals surface area contributed by atoms with Gasteiger partial charge in [0.05, 0.1) is 12.3 Å². The van der Waals surface area contributed by atoms with E-state index in [1.165, 1.54) is 6.42 Å². The van der Waals surface area contributed by atoms with E-state index in [4.69, 9.17) is 0 Å². The first-order valence-corrected chi connectivity index (χ1v) is 4.86. The van der Waals surface area contributed by atoms with E-state index in [0.717, 1.165) is 19.5 Å². The average Bonchev–Trinajstić information content (AvgIpc) is 2.17. The van der Waals surface area contributed by atoms with Crippen LogP contribution in [-0.4, -0.2) is 37.4 Å². The third-order valence-corrected chi connectivity index (χ3v) is 2.17. The van der Waals surface area contributed by atoms with Gasteiger partial charge in [0.2, 0.25) is 0 Å². The number of hydrogen-bond acceptors (Lipinski definition) is 3. The molecule has 0 aromatic carbocycles. The summed E-state index contributed by atoms with van der Waals surface area (Å²) in [5, 5.41) is 3.81. The van der Waals surface area contributed by atoms with Crippen molar-refractivity contribution in [3.8, 4) is 0 Å². The lowest BCUT2D eigenvalue weighted by Gasteiger charge is -2.28. The van der Waals surface area contributed by atoms with Crippen molar-refractivity contribution in [3.63, 3.8) is 0 Å². The number of oxime groups is 1. The maximum atomic E-state index is 4.68. The van der Waals surface area contributed by atoms with Crippen molar-refractivity contribution in [1.29, 1.82) is 0 Å². The molecule has 0 saturated heterocycles. The molecule has 0 saturated carbocycles.